The van der Waals surface area contributed by atoms with Crippen LogP contribution in [0.15, 0.2) is 18.2 Å². The first-order valence-electron chi connectivity index (χ1n) is 6.48. The summed E-state index contributed by atoms with van der Waals surface area (Å²) in [6.07, 6.45) is 3.46. The van der Waals surface area contributed by atoms with E-state index in [-0.39, 0.29) is 0 Å². The fourth-order valence-electron chi connectivity index (χ4n) is 2.77. The first-order chi connectivity index (χ1) is 9.13. The summed E-state index contributed by atoms with van der Waals surface area (Å²) in [4.78, 5) is 0. The van der Waals surface area contributed by atoms with Crippen molar-refractivity contribution >= 4 is 17.3 Å². The Bertz CT molecular complexity index is 574. The van der Waals surface area contributed by atoms with Crippen molar-refractivity contribution in [3.05, 3.63) is 23.2 Å². The highest BCUT2D eigenvalue weighted by molar-refractivity contribution is 6.31. The summed E-state index contributed by atoms with van der Waals surface area (Å²) < 4.78 is 1.91. The van der Waals surface area contributed by atoms with E-state index in [2.05, 4.69) is 22.4 Å². The van der Waals surface area contributed by atoms with Gasteiger partial charge in [-0.25, -0.2) is 4.68 Å². The Morgan fingerprint density at radius 2 is 2.16 bits per heavy atom. The van der Waals surface area contributed by atoms with E-state index in [0.29, 0.717) is 16.8 Å². The molecule has 0 radical (unpaired) electrons. The minimum atomic E-state index is 0.375. The first-order valence-corrected chi connectivity index (χ1v) is 6.85. The molecule has 1 aliphatic rings. The van der Waals surface area contributed by atoms with Crippen molar-refractivity contribution in [2.75, 3.05) is 5.73 Å². The van der Waals surface area contributed by atoms with Gasteiger partial charge in [0.1, 0.15) is 0 Å². The predicted octanol–water partition coefficient (Wildman–Crippen LogP) is 2.94. The standard InChI is InChI=1S/C13H16ClN5/c1-8-2-3-12(4-8)19-13(16-17-18-19)9-5-10(14)7-11(15)6-9/h5-8,12H,2-4,15H2,1H3. The van der Waals surface area contributed by atoms with E-state index < -0.39 is 0 Å². The third-order valence-corrected chi connectivity index (χ3v) is 3.90. The second-order valence-corrected chi connectivity index (χ2v) is 5.73. The number of benzene rings is 1. The van der Waals surface area contributed by atoms with E-state index in [9.17, 15) is 0 Å². The van der Waals surface area contributed by atoms with E-state index in [1.165, 1.54) is 6.42 Å². The van der Waals surface area contributed by atoms with E-state index in [1.807, 2.05) is 16.8 Å². The molecule has 1 heterocycles. The summed E-state index contributed by atoms with van der Waals surface area (Å²) in [5.41, 5.74) is 7.32. The van der Waals surface area contributed by atoms with Gasteiger partial charge in [0.2, 0.25) is 0 Å². The lowest BCUT2D eigenvalue weighted by molar-refractivity contribution is 0.443. The minimum Gasteiger partial charge on any atom is -0.399 e. The molecule has 0 saturated heterocycles. The quantitative estimate of drug-likeness (QED) is 0.857. The highest BCUT2D eigenvalue weighted by Crippen LogP contribution is 2.36. The summed E-state index contributed by atoms with van der Waals surface area (Å²) in [7, 11) is 0. The fourth-order valence-corrected chi connectivity index (χ4v) is 3.01. The van der Waals surface area contributed by atoms with Crippen molar-refractivity contribution in [2.45, 2.75) is 32.2 Å². The van der Waals surface area contributed by atoms with Crippen molar-refractivity contribution in [3.8, 4) is 11.4 Å². The molecule has 19 heavy (non-hydrogen) atoms. The van der Waals surface area contributed by atoms with E-state index in [1.54, 1.807) is 6.07 Å². The number of anilines is 1. The summed E-state index contributed by atoms with van der Waals surface area (Å²) in [6.45, 7) is 2.27. The lowest BCUT2D eigenvalue weighted by Gasteiger charge is -2.12. The smallest absolute Gasteiger partial charge is 0.182 e. The third kappa shape index (κ3) is 2.42. The fraction of sp³-hybridized carbons (Fsp3) is 0.462. The number of hydrogen-bond donors (Lipinski definition) is 1. The molecular weight excluding hydrogens is 262 g/mol. The number of aromatic nitrogens is 4. The second-order valence-electron chi connectivity index (χ2n) is 5.29. The molecule has 2 aromatic rings. The molecular formula is C13H16ClN5. The van der Waals surface area contributed by atoms with Crippen molar-refractivity contribution < 1.29 is 0 Å². The van der Waals surface area contributed by atoms with Crippen LogP contribution in [-0.4, -0.2) is 20.2 Å². The maximum Gasteiger partial charge on any atom is 0.182 e. The average Bonchev–Trinajstić information content (AvgIpc) is 2.95. The van der Waals surface area contributed by atoms with Crippen molar-refractivity contribution in [3.63, 3.8) is 0 Å². The molecule has 1 aromatic heterocycles. The van der Waals surface area contributed by atoms with Crippen LogP contribution in [0.4, 0.5) is 5.69 Å². The molecule has 1 aromatic carbocycles. The Balaban J connectivity index is 1.99. The van der Waals surface area contributed by atoms with Gasteiger partial charge in [-0.05, 0) is 53.8 Å². The zero-order valence-electron chi connectivity index (χ0n) is 10.8. The maximum atomic E-state index is 6.04. The van der Waals surface area contributed by atoms with E-state index in [4.69, 9.17) is 17.3 Å². The molecule has 1 fully saturated rings. The maximum absolute atomic E-state index is 6.04. The minimum absolute atomic E-state index is 0.375. The zero-order chi connectivity index (χ0) is 13.4. The van der Waals surface area contributed by atoms with Crippen LogP contribution in [-0.2, 0) is 0 Å². The molecule has 0 bridgehead atoms. The SMILES string of the molecule is CC1CCC(n2nnnc2-c2cc(N)cc(Cl)c2)C1. The van der Waals surface area contributed by atoms with E-state index >= 15 is 0 Å². The predicted molar refractivity (Wildman–Crippen MR) is 74.7 cm³/mol. The van der Waals surface area contributed by atoms with Crippen LogP contribution in [0.1, 0.15) is 32.2 Å². The molecule has 1 aliphatic carbocycles. The lowest BCUT2D eigenvalue weighted by Crippen LogP contribution is -2.09. The highest BCUT2D eigenvalue weighted by atomic mass is 35.5. The molecule has 1 saturated carbocycles. The van der Waals surface area contributed by atoms with Gasteiger partial charge in [-0.1, -0.05) is 18.5 Å². The van der Waals surface area contributed by atoms with Crippen LogP contribution in [0.3, 0.4) is 0 Å². The molecule has 6 heteroatoms. The van der Waals surface area contributed by atoms with Gasteiger partial charge in [0, 0.05) is 16.3 Å². The van der Waals surface area contributed by atoms with Crippen LogP contribution in [0.2, 0.25) is 5.02 Å². The Kier molecular flexibility index (Phi) is 3.14. The van der Waals surface area contributed by atoms with Crippen molar-refractivity contribution in [2.24, 2.45) is 5.92 Å². The number of nitrogens with zero attached hydrogens (tertiary/aromatic N) is 4. The van der Waals surface area contributed by atoms with Gasteiger partial charge in [0.15, 0.2) is 5.82 Å². The molecule has 0 aliphatic heterocycles. The molecule has 5 nitrogen and oxygen atoms in total. The average molecular weight is 278 g/mol. The Hall–Kier alpha value is -1.62. The number of tetrazole rings is 1. The summed E-state index contributed by atoms with van der Waals surface area (Å²) >= 11 is 6.04. The normalized spacial score (nSPS) is 22.8. The number of rotatable bonds is 2. The van der Waals surface area contributed by atoms with Crippen LogP contribution in [0.25, 0.3) is 11.4 Å². The van der Waals surface area contributed by atoms with Gasteiger partial charge in [-0.2, -0.15) is 0 Å². The second kappa shape index (κ2) is 4.81. The monoisotopic (exact) mass is 277 g/mol. The van der Waals surface area contributed by atoms with Gasteiger partial charge in [0.25, 0.3) is 0 Å². The Labute approximate surface area is 116 Å². The van der Waals surface area contributed by atoms with Crippen molar-refractivity contribution in [1.82, 2.24) is 20.2 Å². The molecule has 2 unspecified atom stereocenters. The number of hydrogen-bond acceptors (Lipinski definition) is 4. The molecule has 3 rings (SSSR count). The van der Waals surface area contributed by atoms with Crippen LogP contribution in [0, 0.1) is 5.92 Å². The van der Waals surface area contributed by atoms with Gasteiger partial charge in [0.05, 0.1) is 6.04 Å². The van der Waals surface area contributed by atoms with Gasteiger partial charge in [-0.15, -0.1) is 5.10 Å². The first kappa shape index (κ1) is 12.4. The van der Waals surface area contributed by atoms with E-state index in [0.717, 1.165) is 30.1 Å². The topological polar surface area (TPSA) is 69.6 Å². The Morgan fingerprint density at radius 3 is 2.84 bits per heavy atom. The lowest BCUT2D eigenvalue weighted by atomic mass is 10.1. The van der Waals surface area contributed by atoms with Gasteiger partial charge < -0.3 is 5.73 Å². The van der Waals surface area contributed by atoms with Crippen molar-refractivity contribution in [1.29, 1.82) is 0 Å². The molecule has 0 spiro atoms. The Morgan fingerprint density at radius 1 is 1.32 bits per heavy atom. The number of nitrogens with two attached hydrogens (primary N) is 1. The summed E-state index contributed by atoms with van der Waals surface area (Å²) in [5, 5.41) is 12.7. The number of nitrogen functional groups attached to an aromatic ring is 1. The third-order valence-electron chi connectivity index (χ3n) is 3.68. The van der Waals surface area contributed by atoms with Crippen LogP contribution in [0.5, 0.6) is 0 Å². The zero-order valence-corrected chi connectivity index (χ0v) is 11.5. The molecule has 0 amide bonds. The van der Waals surface area contributed by atoms with Gasteiger partial charge >= 0.3 is 0 Å². The summed E-state index contributed by atoms with van der Waals surface area (Å²) in [6, 6.07) is 5.79. The van der Waals surface area contributed by atoms with Gasteiger partial charge in [-0.3, -0.25) is 0 Å². The largest absolute Gasteiger partial charge is 0.399 e. The molecule has 2 N–H and O–H groups in total. The van der Waals surface area contributed by atoms with Crippen LogP contribution >= 0.6 is 11.6 Å². The highest BCUT2D eigenvalue weighted by Gasteiger charge is 2.26. The molecule has 100 valence electrons. The molecule has 2 atom stereocenters. The van der Waals surface area contributed by atoms with Crippen LogP contribution < -0.4 is 5.73 Å². The summed E-state index contributed by atoms with van der Waals surface area (Å²) in [5.74, 6) is 1.47. The number of halogens is 1.